The van der Waals surface area contributed by atoms with Crippen molar-refractivity contribution in [2.24, 2.45) is 0 Å². The number of aliphatic hydroxyl groups is 1. The minimum Gasteiger partial charge on any atom is -0.491 e. The number of hydrogen-bond donors (Lipinski definition) is 2. The second-order valence-corrected chi connectivity index (χ2v) is 9.46. The van der Waals surface area contributed by atoms with Gasteiger partial charge in [-0.05, 0) is 79.2 Å². The number of fused-ring (bicyclic) bond motifs is 4. The SMILES string of the molecule is CN(C)CC(O)COc1ccc(Nc2ncc3nnn(-c4ccc5c(c4)Cc4ccccc4-5)c3n2)cc1. The van der Waals surface area contributed by atoms with Gasteiger partial charge in [-0.3, -0.25) is 0 Å². The second kappa shape index (κ2) is 9.61. The molecule has 0 aliphatic heterocycles. The van der Waals surface area contributed by atoms with E-state index in [1.54, 1.807) is 10.9 Å². The normalized spacial score (nSPS) is 13.0. The van der Waals surface area contributed by atoms with Gasteiger partial charge in [0, 0.05) is 12.2 Å². The molecule has 9 heteroatoms. The third kappa shape index (κ3) is 4.74. The number of nitrogens with one attached hydrogen (secondary N) is 1. The summed E-state index contributed by atoms with van der Waals surface area (Å²) in [6, 6.07) is 22.3. The standard InChI is InChI=1S/C28H27N7O2/c1-34(2)16-22(36)17-37-23-10-7-20(8-11-23)30-28-29-15-26-27(31-28)35(33-32-26)21-9-12-25-19(14-21)13-18-5-3-4-6-24(18)25/h3-12,14-15,22,36H,13,16-17H2,1-2H3,(H,29,30,31). The molecule has 9 nitrogen and oxygen atoms in total. The Kier molecular flexibility index (Phi) is 5.99. The molecule has 0 saturated carbocycles. The molecule has 0 bridgehead atoms. The number of hydrogen-bond acceptors (Lipinski definition) is 8. The van der Waals surface area contributed by atoms with Crippen LogP contribution in [-0.4, -0.2) is 68.3 Å². The molecule has 2 heterocycles. The molecule has 3 aromatic carbocycles. The second-order valence-electron chi connectivity index (χ2n) is 9.46. The Morgan fingerprint density at radius 2 is 1.84 bits per heavy atom. The third-order valence-electron chi connectivity index (χ3n) is 6.34. The number of benzene rings is 3. The fourth-order valence-electron chi connectivity index (χ4n) is 4.66. The molecule has 6 rings (SSSR count). The zero-order valence-electron chi connectivity index (χ0n) is 20.7. The first-order chi connectivity index (χ1) is 18.0. The molecule has 0 radical (unpaired) electrons. The number of rotatable bonds is 8. The lowest BCUT2D eigenvalue weighted by atomic mass is 10.1. The molecule has 5 aromatic rings. The van der Waals surface area contributed by atoms with E-state index in [1.165, 1.54) is 22.3 Å². The first-order valence-corrected chi connectivity index (χ1v) is 12.2. The highest BCUT2D eigenvalue weighted by Crippen LogP contribution is 2.37. The summed E-state index contributed by atoms with van der Waals surface area (Å²) in [5.74, 6) is 1.13. The van der Waals surface area contributed by atoms with Crippen LogP contribution in [0.5, 0.6) is 5.75 Å². The lowest BCUT2D eigenvalue weighted by molar-refractivity contribution is 0.0831. The van der Waals surface area contributed by atoms with Gasteiger partial charge in [0.25, 0.3) is 0 Å². The molecule has 1 atom stereocenters. The van der Waals surface area contributed by atoms with E-state index in [2.05, 4.69) is 63.1 Å². The maximum Gasteiger partial charge on any atom is 0.229 e. The molecule has 2 aromatic heterocycles. The van der Waals surface area contributed by atoms with E-state index >= 15 is 0 Å². The molecule has 0 saturated heterocycles. The quantitative estimate of drug-likeness (QED) is 0.330. The summed E-state index contributed by atoms with van der Waals surface area (Å²) in [6.07, 6.45) is 2.02. The van der Waals surface area contributed by atoms with Crippen LogP contribution < -0.4 is 10.1 Å². The van der Waals surface area contributed by atoms with Gasteiger partial charge in [0.1, 0.15) is 18.5 Å². The number of nitrogens with zero attached hydrogens (tertiary/aromatic N) is 6. The lowest BCUT2D eigenvalue weighted by Crippen LogP contribution is -2.30. The van der Waals surface area contributed by atoms with Crippen molar-refractivity contribution in [2.45, 2.75) is 12.5 Å². The maximum absolute atomic E-state index is 9.98. The molecule has 37 heavy (non-hydrogen) atoms. The summed E-state index contributed by atoms with van der Waals surface area (Å²) in [4.78, 5) is 11.0. The van der Waals surface area contributed by atoms with Gasteiger partial charge in [0.05, 0.1) is 11.9 Å². The van der Waals surface area contributed by atoms with E-state index in [4.69, 9.17) is 9.72 Å². The molecule has 0 fully saturated rings. The lowest BCUT2D eigenvalue weighted by Gasteiger charge is -2.16. The minimum atomic E-state index is -0.549. The molecule has 1 aliphatic rings. The molecular formula is C28H27N7O2. The van der Waals surface area contributed by atoms with Gasteiger partial charge in [-0.2, -0.15) is 9.67 Å². The van der Waals surface area contributed by atoms with E-state index in [0.717, 1.165) is 17.8 Å². The van der Waals surface area contributed by atoms with Crippen LogP contribution in [0.4, 0.5) is 11.6 Å². The summed E-state index contributed by atoms with van der Waals surface area (Å²) in [7, 11) is 3.83. The highest BCUT2D eigenvalue weighted by atomic mass is 16.5. The van der Waals surface area contributed by atoms with Crippen molar-refractivity contribution in [2.75, 3.05) is 32.6 Å². The zero-order chi connectivity index (χ0) is 25.4. The van der Waals surface area contributed by atoms with Crippen LogP contribution in [-0.2, 0) is 6.42 Å². The van der Waals surface area contributed by atoms with Crippen LogP contribution in [0.1, 0.15) is 11.1 Å². The summed E-state index contributed by atoms with van der Waals surface area (Å²) in [6.45, 7) is 0.778. The van der Waals surface area contributed by atoms with Crippen molar-refractivity contribution in [3.05, 3.63) is 84.1 Å². The van der Waals surface area contributed by atoms with Crippen molar-refractivity contribution < 1.29 is 9.84 Å². The highest BCUT2D eigenvalue weighted by molar-refractivity contribution is 5.79. The Morgan fingerprint density at radius 1 is 1.03 bits per heavy atom. The van der Waals surface area contributed by atoms with E-state index < -0.39 is 6.10 Å². The van der Waals surface area contributed by atoms with Crippen molar-refractivity contribution in [3.8, 4) is 22.6 Å². The molecular weight excluding hydrogens is 466 g/mol. The van der Waals surface area contributed by atoms with Crippen LogP contribution in [0.25, 0.3) is 28.0 Å². The van der Waals surface area contributed by atoms with Crippen molar-refractivity contribution in [3.63, 3.8) is 0 Å². The number of anilines is 2. The van der Waals surface area contributed by atoms with E-state index in [-0.39, 0.29) is 6.61 Å². The van der Waals surface area contributed by atoms with Crippen LogP contribution in [0, 0.1) is 0 Å². The van der Waals surface area contributed by atoms with Gasteiger partial charge in [-0.15, -0.1) is 5.10 Å². The maximum atomic E-state index is 9.98. The molecule has 1 aliphatic carbocycles. The Labute approximate surface area is 214 Å². The van der Waals surface area contributed by atoms with Gasteiger partial charge >= 0.3 is 0 Å². The molecule has 1 unspecified atom stereocenters. The smallest absolute Gasteiger partial charge is 0.229 e. The topological polar surface area (TPSA) is 101 Å². The fraction of sp³-hybridized carbons (Fsp3) is 0.214. The first-order valence-electron chi connectivity index (χ1n) is 12.2. The van der Waals surface area contributed by atoms with Crippen LogP contribution >= 0.6 is 0 Å². The number of aromatic nitrogens is 5. The largest absolute Gasteiger partial charge is 0.491 e. The van der Waals surface area contributed by atoms with Crippen molar-refractivity contribution in [1.82, 2.24) is 29.9 Å². The fourth-order valence-corrected chi connectivity index (χ4v) is 4.66. The first kappa shape index (κ1) is 23.1. The Balaban J connectivity index is 1.19. The number of aliphatic hydroxyl groups excluding tert-OH is 1. The van der Waals surface area contributed by atoms with Crippen LogP contribution in [0.2, 0.25) is 0 Å². The monoisotopic (exact) mass is 493 g/mol. The van der Waals surface area contributed by atoms with E-state index in [1.807, 2.05) is 43.3 Å². The summed E-state index contributed by atoms with van der Waals surface area (Å²) >= 11 is 0. The van der Waals surface area contributed by atoms with E-state index in [0.29, 0.717) is 29.4 Å². The summed E-state index contributed by atoms with van der Waals surface area (Å²) in [5.41, 5.74) is 8.14. The highest BCUT2D eigenvalue weighted by Gasteiger charge is 2.19. The average Bonchev–Trinajstić information content (AvgIpc) is 3.48. The predicted molar refractivity (Wildman–Crippen MR) is 142 cm³/mol. The van der Waals surface area contributed by atoms with Gasteiger partial charge in [0.15, 0.2) is 11.2 Å². The summed E-state index contributed by atoms with van der Waals surface area (Å²) < 4.78 is 7.43. The average molecular weight is 494 g/mol. The van der Waals surface area contributed by atoms with E-state index in [9.17, 15) is 5.11 Å². The molecule has 0 spiro atoms. The Bertz CT molecular complexity index is 1560. The Morgan fingerprint density at radius 3 is 2.68 bits per heavy atom. The van der Waals surface area contributed by atoms with Gasteiger partial charge in [-0.1, -0.05) is 35.5 Å². The number of likely N-dealkylation sites (N-methyl/N-ethyl adjacent to an activating group) is 1. The molecule has 0 amide bonds. The van der Waals surface area contributed by atoms with Gasteiger partial charge in [-0.25, -0.2) is 4.98 Å². The summed E-state index contributed by atoms with van der Waals surface area (Å²) in [5, 5.41) is 21.8. The van der Waals surface area contributed by atoms with Crippen LogP contribution in [0.15, 0.2) is 72.9 Å². The van der Waals surface area contributed by atoms with Crippen LogP contribution in [0.3, 0.4) is 0 Å². The molecule has 2 N–H and O–H groups in total. The minimum absolute atomic E-state index is 0.233. The molecule has 186 valence electrons. The predicted octanol–water partition coefficient (Wildman–Crippen LogP) is 3.83. The van der Waals surface area contributed by atoms with Gasteiger partial charge in [0.2, 0.25) is 5.95 Å². The number of ether oxygens (including phenoxy) is 1. The third-order valence-corrected chi connectivity index (χ3v) is 6.34. The zero-order valence-corrected chi connectivity index (χ0v) is 20.7. The van der Waals surface area contributed by atoms with Crippen molar-refractivity contribution in [1.29, 1.82) is 0 Å². The Hall–Kier alpha value is -4.34. The van der Waals surface area contributed by atoms with Gasteiger partial charge < -0.3 is 20.1 Å². The van der Waals surface area contributed by atoms with Crippen molar-refractivity contribution >= 4 is 22.8 Å².